The molecule has 0 amide bonds. The van der Waals surface area contributed by atoms with Gasteiger partial charge in [0, 0.05) is 17.0 Å². The molecule has 3 N–H and O–H groups in total. The van der Waals surface area contributed by atoms with E-state index < -0.39 is 11.2 Å². The van der Waals surface area contributed by atoms with Gasteiger partial charge in [-0.3, -0.25) is 0 Å². The molecular formula is C18H20O4. The average molecular weight is 300 g/mol. The highest BCUT2D eigenvalue weighted by atomic mass is 16.6. The van der Waals surface area contributed by atoms with Crippen molar-refractivity contribution < 1.29 is 20.1 Å². The number of ether oxygens (including phenoxy) is 1. The van der Waals surface area contributed by atoms with Crippen LogP contribution in [0.3, 0.4) is 0 Å². The van der Waals surface area contributed by atoms with Crippen LogP contribution in [0.2, 0.25) is 0 Å². The van der Waals surface area contributed by atoms with Crippen molar-refractivity contribution in [3.8, 4) is 17.2 Å². The van der Waals surface area contributed by atoms with Gasteiger partial charge in [0.05, 0.1) is 0 Å². The minimum absolute atomic E-state index is 0.00986. The molecule has 2 aromatic rings. The first-order valence-corrected chi connectivity index (χ1v) is 7.29. The topological polar surface area (TPSA) is 69.9 Å². The van der Waals surface area contributed by atoms with Crippen molar-refractivity contribution in [3.63, 3.8) is 0 Å². The monoisotopic (exact) mass is 300 g/mol. The Morgan fingerprint density at radius 2 is 1.55 bits per heavy atom. The van der Waals surface area contributed by atoms with Crippen molar-refractivity contribution in [2.75, 3.05) is 0 Å². The number of benzene rings is 2. The number of hydrogen-bond donors (Lipinski definition) is 3. The predicted octanol–water partition coefficient (Wildman–Crippen LogP) is 3.47. The molecule has 0 saturated carbocycles. The lowest BCUT2D eigenvalue weighted by atomic mass is 9.66. The van der Waals surface area contributed by atoms with Crippen LogP contribution in [-0.2, 0) is 5.79 Å². The van der Waals surface area contributed by atoms with Crippen molar-refractivity contribution >= 4 is 0 Å². The van der Waals surface area contributed by atoms with E-state index in [0.29, 0.717) is 11.3 Å². The zero-order chi connectivity index (χ0) is 16.1. The molecule has 0 saturated heterocycles. The van der Waals surface area contributed by atoms with Crippen LogP contribution in [0.4, 0.5) is 0 Å². The third-order valence-corrected chi connectivity index (χ3v) is 4.94. The van der Waals surface area contributed by atoms with Crippen LogP contribution >= 0.6 is 0 Å². The fourth-order valence-corrected chi connectivity index (χ4v) is 3.06. The lowest BCUT2D eigenvalue weighted by Crippen LogP contribution is -2.52. The lowest BCUT2D eigenvalue weighted by molar-refractivity contribution is -0.239. The maximum atomic E-state index is 11.3. The number of phenolic OH excluding ortho intramolecular Hbond substituents is 2. The molecule has 1 aliphatic heterocycles. The number of rotatable bonds is 1. The molecule has 0 bridgehead atoms. The van der Waals surface area contributed by atoms with E-state index in [1.165, 1.54) is 18.2 Å². The van der Waals surface area contributed by atoms with Crippen molar-refractivity contribution in [2.24, 2.45) is 5.41 Å². The Kier molecular flexibility index (Phi) is 3.11. The summed E-state index contributed by atoms with van der Waals surface area (Å²) in [6, 6.07) is 11.3. The number of aromatic hydroxyl groups is 2. The van der Waals surface area contributed by atoms with Gasteiger partial charge in [-0.25, -0.2) is 0 Å². The Labute approximate surface area is 129 Å². The molecule has 4 heteroatoms. The zero-order valence-corrected chi connectivity index (χ0v) is 12.9. The van der Waals surface area contributed by atoms with Crippen LogP contribution in [0.15, 0.2) is 42.5 Å². The van der Waals surface area contributed by atoms with Crippen LogP contribution < -0.4 is 4.74 Å². The molecule has 0 fully saturated rings. The summed E-state index contributed by atoms with van der Waals surface area (Å²) in [6.07, 6.45) is 0. The van der Waals surface area contributed by atoms with Crippen LogP contribution in [-0.4, -0.2) is 15.3 Å². The fourth-order valence-electron chi connectivity index (χ4n) is 3.06. The number of phenols is 2. The second kappa shape index (κ2) is 4.65. The maximum absolute atomic E-state index is 11.3. The number of hydrogen-bond acceptors (Lipinski definition) is 4. The number of aliphatic hydroxyl groups is 1. The Hall–Kier alpha value is -2.20. The highest BCUT2D eigenvalue weighted by Gasteiger charge is 2.54. The Balaban J connectivity index is 2.17. The van der Waals surface area contributed by atoms with E-state index >= 15 is 0 Å². The smallest absolute Gasteiger partial charge is 0.240 e. The second-order valence-corrected chi connectivity index (χ2v) is 6.46. The minimum Gasteiger partial charge on any atom is -0.508 e. The van der Waals surface area contributed by atoms with E-state index in [2.05, 4.69) is 0 Å². The van der Waals surface area contributed by atoms with Gasteiger partial charge in [-0.05, 0) is 41.8 Å². The maximum Gasteiger partial charge on any atom is 0.240 e. The molecule has 1 aliphatic rings. The van der Waals surface area contributed by atoms with Crippen molar-refractivity contribution in [2.45, 2.75) is 32.5 Å². The standard InChI is InChI=1S/C18H20O4/c1-11-15-9-8-14(20)10-16(15)22-18(21,17(11,2)3)12-4-6-13(19)7-5-12/h4-11,19-21H,1-3H3. The van der Waals surface area contributed by atoms with Crippen molar-refractivity contribution in [1.82, 2.24) is 0 Å². The van der Waals surface area contributed by atoms with Gasteiger partial charge in [-0.15, -0.1) is 0 Å². The summed E-state index contributed by atoms with van der Waals surface area (Å²) in [5, 5.41) is 30.4. The molecule has 2 unspecified atom stereocenters. The third-order valence-electron chi connectivity index (χ3n) is 4.94. The van der Waals surface area contributed by atoms with Crippen molar-refractivity contribution in [3.05, 3.63) is 53.6 Å². The highest BCUT2D eigenvalue weighted by molar-refractivity contribution is 5.46. The van der Waals surface area contributed by atoms with Crippen LogP contribution in [0, 0.1) is 5.41 Å². The minimum atomic E-state index is -1.55. The number of fused-ring (bicyclic) bond motifs is 1. The van der Waals surface area contributed by atoms with Gasteiger partial charge in [0.1, 0.15) is 17.2 Å². The summed E-state index contributed by atoms with van der Waals surface area (Å²) in [7, 11) is 0. The third kappa shape index (κ3) is 1.95. The predicted molar refractivity (Wildman–Crippen MR) is 82.9 cm³/mol. The van der Waals surface area contributed by atoms with Crippen LogP contribution in [0.1, 0.15) is 37.8 Å². The Morgan fingerprint density at radius 3 is 2.18 bits per heavy atom. The summed E-state index contributed by atoms with van der Waals surface area (Å²) < 4.78 is 5.93. The molecule has 3 rings (SSSR count). The summed E-state index contributed by atoms with van der Waals surface area (Å²) in [5.41, 5.74) is 0.913. The summed E-state index contributed by atoms with van der Waals surface area (Å²) in [4.78, 5) is 0. The largest absolute Gasteiger partial charge is 0.508 e. The Morgan fingerprint density at radius 1 is 0.955 bits per heavy atom. The first kappa shape index (κ1) is 14.7. The SMILES string of the molecule is CC1c2ccc(O)cc2OC(O)(c2ccc(O)cc2)C1(C)C. The van der Waals surface area contributed by atoms with E-state index in [1.54, 1.807) is 18.2 Å². The van der Waals surface area contributed by atoms with E-state index in [1.807, 2.05) is 26.8 Å². The van der Waals surface area contributed by atoms with Gasteiger partial charge in [-0.1, -0.05) is 26.8 Å². The molecule has 2 aromatic carbocycles. The van der Waals surface area contributed by atoms with E-state index in [-0.39, 0.29) is 17.4 Å². The molecule has 0 spiro atoms. The van der Waals surface area contributed by atoms with Crippen LogP contribution in [0.5, 0.6) is 17.2 Å². The molecule has 2 atom stereocenters. The molecule has 116 valence electrons. The molecule has 0 radical (unpaired) electrons. The first-order valence-electron chi connectivity index (χ1n) is 7.29. The van der Waals surface area contributed by atoms with Gasteiger partial charge in [0.2, 0.25) is 5.79 Å². The summed E-state index contributed by atoms with van der Waals surface area (Å²) >= 11 is 0. The fraction of sp³-hybridized carbons (Fsp3) is 0.333. The van der Waals surface area contributed by atoms with Gasteiger partial charge in [0.15, 0.2) is 0 Å². The normalized spacial score (nSPS) is 26.1. The average Bonchev–Trinajstić information content (AvgIpc) is 2.46. The Bertz CT molecular complexity index is 706. The van der Waals surface area contributed by atoms with Gasteiger partial charge in [-0.2, -0.15) is 0 Å². The molecule has 22 heavy (non-hydrogen) atoms. The molecule has 1 heterocycles. The first-order chi connectivity index (χ1) is 10.3. The zero-order valence-electron chi connectivity index (χ0n) is 12.9. The van der Waals surface area contributed by atoms with Gasteiger partial charge < -0.3 is 20.1 Å². The van der Waals surface area contributed by atoms with E-state index in [9.17, 15) is 15.3 Å². The summed E-state index contributed by atoms with van der Waals surface area (Å²) in [6.45, 7) is 5.92. The van der Waals surface area contributed by atoms with E-state index in [0.717, 1.165) is 5.56 Å². The van der Waals surface area contributed by atoms with Crippen molar-refractivity contribution in [1.29, 1.82) is 0 Å². The summed E-state index contributed by atoms with van der Waals surface area (Å²) in [5.74, 6) is -0.843. The van der Waals surface area contributed by atoms with Crippen LogP contribution in [0.25, 0.3) is 0 Å². The molecule has 0 aromatic heterocycles. The molecular weight excluding hydrogens is 280 g/mol. The molecule has 0 aliphatic carbocycles. The quantitative estimate of drug-likeness (QED) is 0.754. The lowest BCUT2D eigenvalue weighted by Gasteiger charge is -2.50. The second-order valence-electron chi connectivity index (χ2n) is 6.46. The highest BCUT2D eigenvalue weighted by Crippen LogP contribution is 2.56. The molecule has 4 nitrogen and oxygen atoms in total. The van der Waals surface area contributed by atoms with Gasteiger partial charge >= 0.3 is 0 Å². The van der Waals surface area contributed by atoms with Gasteiger partial charge in [0.25, 0.3) is 0 Å². The van der Waals surface area contributed by atoms with E-state index in [4.69, 9.17) is 4.74 Å².